The van der Waals surface area contributed by atoms with Crippen LogP contribution in [0.2, 0.25) is 0 Å². The number of piperidine rings is 1. The number of carbonyl (C=O) groups is 2. The number of rotatable bonds is 3. The molecule has 1 aliphatic carbocycles. The Morgan fingerprint density at radius 2 is 1.95 bits per heavy atom. The first-order valence-corrected chi connectivity index (χ1v) is 8.22. The van der Waals surface area contributed by atoms with Gasteiger partial charge in [0.2, 0.25) is 0 Å². The topological polar surface area (TPSA) is 69.6 Å². The smallest absolute Gasteiger partial charge is 0.317 e. The summed E-state index contributed by atoms with van der Waals surface area (Å²) in [6, 6.07) is 0.177. The zero-order valence-corrected chi connectivity index (χ0v) is 13.2. The lowest BCUT2D eigenvalue weighted by atomic mass is 9.80. The summed E-state index contributed by atoms with van der Waals surface area (Å²) < 4.78 is 0. The summed E-state index contributed by atoms with van der Waals surface area (Å²) in [6.45, 7) is 6.12. The number of amides is 2. The van der Waals surface area contributed by atoms with Gasteiger partial charge in [-0.1, -0.05) is 13.8 Å². The Labute approximate surface area is 127 Å². The van der Waals surface area contributed by atoms with Gasteiger partial charge in [-0.05, 0) is 50.4 Å². The molecule has 2 aliphatic rings. The van der Waals surface area contributed by atoms with Crippen LogP contribution in [0.4, 0.5) is 4.79 Å². The Morgan fingerprint density at radius 3 is 2.52 bits per heavy atom. The van der Waals surface area contributed by atoms with Crippen LogP contribution in [0.15, 0.2) is 0 Å². The van der Waals surface area contributed by atoms with Gasteiger partial charge in [0.1, 0.15) is 0 Å². The van der Waals surface area contributed by atoms with Crippen LogP contribution in [0, 0.1) is 11.3 Å². The Hall–Kier alpha value is -1.26. The van der Waals surface area contributed by atoms with Gasteiger partial charge in [-0.25, -0.2) is 4.79 Å². The lowest BCUT2D eigenvalue weighted by molar-refractivity contribution is -0.142. The molecule has 5 heteroatoms. The standard InChI is InChI=1S/C16H28N2O3/c1-3-16(2)9-4-10-18(11-16)15(21)17-13-7-5-12(6-8-13)14(19)20/h12-13H,3-11H2,1-2H3,(H,17,21)(H,19,20). The third kappa shape index (κ3) is 4.11. The average Bonchev–Trinajstić information content (AvgIpc) is 2.48. The molecule has 0 radical (unpaired) electrons. The van der Waals surface area contributed by atoms with E-state index in [9.17, 15) is 9.59 Å². The minimum absolute atomic E-state index is 0.0353. The van der Waals surface area contributed by atoms with Gasteiger partial charge in [-0.15, -0.1) is 0 Å². The third-order valence-electron chi connectivity index (χ3n) is 5.33. The SMILES string of the molecule is CCC1(C)CCCN(C(=O)NC2CCC(C(=O)O)CC2)C1. The second-order valence-corrected chi connectivity index (χ2v) is 7.03. The summed E-state index contributed by atoms with van der Waals surface area (Å²) >= 11 is 0. The molecule has 2 rings (SSSR count). The first kappa shape index (κ1) is 16.1. The molecule has 21 heavy (non-hydrogen) atoms. The number of carboxylic acids is 1. The molecular weight excluding hydrogens is 268 g/mol. The highest BCUT2D eigenvalue weighted by Crippen LogP contribution is 2.32. The van der Waals surface area contributed by atoms with Crippen LogP contribution >= 0.6 is 0 Å². The molecule has 5 nitrogen and oxygen atoms in total. The fraction of sp³-hybridized carbons (Fsp3) is 0.875. The van der Waals surface area contributed by atoms with E-state index in [-0.39, 0.29) is 23.4 Å². The monoisotopic (exact) mass is 296 g/mol. The van der Waals surface area contributed by atoms with Gasteiger partial charge < -0.3 is 15.3 Å². The minimum atomic E-state index is -0.700. The molecule has 2 N–H and O–H groups in total. The lowest BCUT2D eigenvalue weighted by Crippen LogP contribution is -2.51. The molecule has 0 aromatic heterocycles. The van der Waals surface area contributed by atoms with E-state index < -0.39 is 5.97 Å². The van der Waals surface area contributed by atoms with E-state index in [4.69, 9.17) is 5.11 Å². The van der Waals surface area contributed by atoms with Crippen molar-refractivity contribution in [2.75, 3.05) is 13.1 Å². The predicted octanol–water partition coefficient (Wildman–Crippen LogP) is 2.85. The van der Waals surface area contributed by atoms with Crippen LogP contribution in [0.1, 0.15) is 58.8 Å². The van der Waals surface area contributed by atoms with E-state index >= 15 is 0 Å². The highest BCUT2D eigenvalue weighted by molar-refractivity contribution is 5.75. The van der Waals surface area contributed by atoms with Crippen molar-refractivity contribution in [1.29, 1.82) is 0 Å². The molecule has 1 saturated heterocycles. The first-order chi connectivity index (χ1) is 9.93. The van der Waals surface area contributed by atoms with Crippen molar-refractivity contribution in [3.8, 4) is 0 Å². The number of likely N-dealkylation sites (tertiary alicyclic amines) is 1. The molecule has 0 bridgehead atoms. The van der Waals surface area contributed by atoms with Crippen LogP contribution in [-0.2, 0) is 4.79 Å². The number of carboxylic acid groups (broad SMARTS) is 1. The number of hydrogen-bond acceptors (Lipinski definition) is 2. The van der Waals surface area contributed by atoms with Crippen molar-refractivity contribution >= 4 is 12.0 Å². The maximum atomic E-state index is 12.4. The third-order valence-corrected chi connectivity index (χ3v) is 5.33. The highest BCUT2D eigenvalue weighted by atomic mass is 16.4. The number of nitrogens with one attached hydrogen (secondary N) is 1. The second-order valence-electron chi connectivity index (χ2n) is 7.03. The quantitative estimate of drug-likeness (QED) is 0.841. The number of nitrogens with zero attached hydrogens (tertiary/aromatic N) is 1. The van der Waals surface area contributed by atoms with Gasteiger partial charge in [0.15, 0.2) is 0 Å². The van der Waals surface area contributed by atoms with Crippen molar-refractivity contribution in [1.82, 2.24) is 10.2 Å². The molecule has 2 amide bonds. The molecule has 1 atom stereocenters. The van der Waals surface area contributed by atoms with Crippen molar-refractivity contribution in [3.05, 3.63) is 0 Å². The summed E-state index contributed by atoms with van der Waals surface area (Å²) in [4.78, 5) is 25.3. The van der Waals surface area contributed by atoms with Crippen LogP contribution < -0.4 is 5.32 Å². The van der Waals surface area contributed by atoms with Crippen molar-refractivity contribution in [2.24, 2.45) is 11.3 Å². The molecule has 1 aliphatic heterocycles. The Bertz CT molecular complexity index is 391. The Morgan fingerprint density at radius 1 is 1.29 bits per heavy atom. The fourth-order valence-corrected chi connectivity index (χ4v) is 3.53. The number of hydrogen-bond donors (Lipinski definition) is 2. The van der Waals surface area contributed by atoms with Gasteiger partial charge in [0.25, 0.3) is 0 Å². The van der Waals surface area contributed by atoms with E-state index in [1.165, 1.54) is 6.42 Å². The van der Waals surface area contributed by atoms with E-state index in [0.29, 0.717) is 12.8 Å². The van der Waals surface area contributed by atoms with Crippen LogP contribution in [0.25, 0.3) is 0 Å². The molecule has 0 spiro atoms. The first-order valence-electron chi connectivity index (χ1n) is 8.22. The lowest BCUT2D eigenvalue weighted by Gasteiger charge is -2.40. The summed E-state index contributed by atoms with van der Waals surface area (Å²) in [5.74, 6) is -0.925. The Kier molecular flexibility index (Phi) is 5.12. The van der Waals surface area contributed by atoms with Gasteiger partial charge >= 0.3 is 12.0 Å². The number of aliphatic carboxylic acids is 1. The van der Waals surface area contributed by atoms with E-state index in [1.807, 2.05) is 4.90 Å². The average molecular weight is 296 g/mol. The van der Waals surface area contributed by atoms with E-state index in [0.717, 1.165) is 38.8 Å². The minimum Gasteiger partial charge on any atom is -0.481 e. The van der Waals surface area contributed by atoms with Crippen molar-refractivity contribution in [3.63, 3.8) is 0 Å². The maximum absolute atomic E-state index is 12.4. The zero-order chi connectivity index (χ0) is 15.5. The summed E-state index contributed by atoms with van der Waals surface area (Å²) in [5.41, 5.74) is 0.247. The summed E-state index contributed by atoms with van der Waals surface area (Å²) in [6.07, 6.45) is 6.27. The summed E-state index contributed by atoms with van der Waals surface area (Å²) in [7, 11) is 0. The second kappa shape index (κ2) is 6.67. The molecule has 1 unspecified atom stereocenters. The Balaban J connectivity index is 1.81. The normalized spacial score (nSPS) is 33.5. The van der Waals surface area contributed by atoms with Crippen LogP contribution in [-0.4, -0.2) is 41.1 Å². The largest absolute Gasteiger partial charge is 0.481 e. The van der Waals surface area contributed by atoms with Crippen molar-refractivity contribution < 1.29 is 14.7 Å². The molecule has 2 fully saturated rings. The molecule has 0 aromatic carbocycles. The van der Waals surface area contributed by atoms with Gasteiger partial charge in [-0.2, -0.15) is 0 Å². The zero-order valence-electron chi connectivity index (χ0n) is 13.2. The van der Waals surface area contributed by atoms with E-state index in [2.05, 4.69) is 19.2 Å². The molecule has 120 valence electrons. The predicted molar refractivity (Wildman–Crippen MR) is 81.1 cm³/mol. The highest BCUT2D eigenvalue weighted by Gasteiger charge is 2.33. The van der Waals surface area contributed by atoms with Crippen molar-refractivity contribution in [2.45, 2.75) is 64.8 Å². The van der Waals surface area contributed by atoms with Gasteiger partial charge in [-0.3, -0.25) is 4.79 Å². The molecule has 0 aromatic rings. The molecule has 1 heterocycles. The number of carbonyl (C=O) groups excluding carboxylic acids is 1. The number of urea groups is 1. The molecule has 1 saturated carbocycles. The van der Waals surface area contributed by atoms with E-state index in [1.54, 1.807) is 0 Å². The summed E-state index contributed by atoms with van der Waals surface area (Å²) in [5, 5.41) is 12.1. The maximum Gasteiger partial charge on any atom is 0.317 e. The van der Waals surface area contributed by atoms with Gasteiger partial charge in [0.05, 0.1) is 5.92 Å². The fourth-order valence-electron chi connectivity index (χ4n) is 3.53. The van der Waals surface area contributed by atoms with Crippen LogP contribution in [0.5, 0.6) is 0 Å². The molecular formula is C16H28N2O3. The van der Waals surface area contributed by atoms with Gasteiger partial charge in [0, 0.05) is 19.1 Å². The van der Waals surface area contributed by atoms with Crippen LogP contribution in [0.3, 0.4) is 0 Å².